The van der Waals surface area contributed by atoms with Crippen molar-refractivity contribution in [1.82, 2.24) is 4.98 Å². The number of amides is 1. The summed E-state index contributed by atoms with van der Waals surface area (Å²) in [6.45, 7) is 0.663. The maximum absolute atomic E-state index is 12.9. The van der Waals surface area contributed by atoms with Crippen LogP contribution in [0.2, 0.25) is 0 Å². The molecule has 27 heavy (non-hydrogen) atoms. The lowest BCUT2D eigenvalue weighted by Gasteiger charge is -2.08. The number of carbonyl (C=O) groups is 1. The number of hydrogen-bond acceptors (Lipinski definition) is 4. The number of carbonyl (C=O) groups excluding carboxylic acids is 1. The van der Waals surface area contributed by atoms with Crippen molar-refractivity contribution in [2.24, 2.45) is 0 Å². The first kappa shape index (κ1) is 18.4. The third kappa shape index (κ3) is 5.28. The minimum Gasteiger partial charge on any atom is -0.497 e. The smallest absolute Gasteiger partial charge is 0.257 e. The molecule has 0 radical (unpaired) electrons. The second-order valence-corrected chi connectivity index (χ2v) is 5.92. The fourth-order valence-corrected chi connectivity index (χ4v) is 2.50. The molecule has 0 saturated heterocycles. The van der Waals surface area contributed by atoms with E-state index in [1.54, 1.807) is 55.6 Å². The van der Waals surface area contributed by atoms with Crippen molar-refractivity contribution < 1.29 is 13.9 Å². The zero-order valence-corrected chi connectivity index (χ0v) is 14.9. The Morgan fingerprint density at radius 2 is 1.78 bits per heavy atom. The Morgan fingerprint density at radius 3 is 2.41 bits per heavy atom. The summed E-state index contributed by atoms with van der Waals surface area (Å²) in [5.74, 6) is 0.936. The highest BCUT2D eigenvalue weighted by molar-refractivity contribution is 6.04. The molecule has 0 atom stereocenters. The molecule has 138 valence electrons. The Kier molecular flexibility index (Phi) is 5.99. The Balaban J connectivity index is 1.51. The number of benzene rings is 2. The predicted octanol–water partition coefficient (Wildman–Crippen LogP) is 4.14. The van der Waals surface area contributed by atoms with Crippen LogP contribution in [-0.4, -0.2) is 24.5 Å². The molecule has 1 aromatic heterocycles. The minimum absolute atomic E-state index is 0.231. The van der Waals surface area contributed by atoms with Gasteiger partial charge in [-0.1, -0.05) is 12.1 Å². The number of nitrogens with zero attached hydrogens (tertiary/aromatic N) is 1. The van der Waals surface area contributed by atoms with Gasteiger partial charge in [-0.05, 0) is 60.5 Å². The van der Waals surface area contributed by atoms with Gasteiger partial charge in [0.2, 0.25) is 0 Å². The Hall–Kier alpha value is -3.41. The molecule has 0 fully saturated rings. The number of methoxy groups -OCH3 is 1. The van der Waals surface area contributed by atoms with Gasteiger partial charge in [-0.25, -0.2) is 9.37 Å². The van der Waals surface area contributed by atoms with Crippen LogP contribution in [0.15, 0.2) is 66.9 Å². The van der Waals surface area contributed by atoms with Crippen LogP contribution in [0, 0.1) is 5.82 Å². The summed E-state index contributed by atoms with van der Waals surface area (Å²) in [6.07, 6.45) is 2.28. The van der Waals surface area contributed by atoms with E-state index < -0.39 is 0 Å². The summed E-state index contributed by atoms with van der Waals surface area (Å²) in [7, 11) is 1.59. The van der Waals surface area contributed by atoms with Crippen LogP contribution in [0.25, 0.3) is 0 Å². The molecule has 0 unspecified atom stereocenters. The van der Waals surface area contributed by atoms with E-state index in [1.807, 2.05) is 0 Å². The summed E-state index contributed by atoms with van der Waals surface area (Å²) in [5.41, 5.74) is 2.19. The molecule has 0 bridgehead atoms. The number of rotatable bonds is 7. The fourth-order valence-electron chi connectivity index (χ4n) is 2.50. The minimum atomic E-state index is -0.239. The topological polar surface area (TPSA) is 63.2 Å². The first-order chi connectivity index (χ1) is 13.1. The monoisotopic (exact) mass is 365 g/mol. The standard InChI is InChI=1S/C21H20FN3O2/c1-27-19-9-7-18(8-10-19)25-21(26)16-4-11-20(24-14-16)23-13-12-15-2-5-17(22)6-3-15/h2-11,14H,12-13H2,1H3,(H,23,24)(H,25,26). The van der Waals surface area contributed by atoms with E-state index in [0.717, 1.165) is 17.7 Å². The molecular formula is C21H20FN3O2. The van der Waals surface area contributed by atoms with Gasteiger partial charge in [0.05, 0.1) is 12.7 Å². The van der Waals surface area contributed by atoms with E-state index in [0.29, 0.717) is 23.6 Å². The van der Waals surface area contributed by atoms with Crippen molar-refractivity contribution in [1.29, 1.82) is 0 Å². The van der Waals surface area contributed by atoms with Crippen LogP contribution in [0.4, 0.5) is 15.9 Å². The van der Waals surface area contributed by atoms with Gasteiger partial charge in [0, 0.05) is 18.4 Å². The van der Waals surface area contributed by atoms with Crippen LogP contribution in [-0.2, 0) is 6.42 Å². The number of halogens is 1. The van der Waals surface area contributed by atoms with Crippen LogP contribution in [0.1, 0.15) is 15.9 Å². The average molecular weight is 365 g/mol. The highest BCUT2D eigenvalue weighted by Gasteiger charge is 2.07. The van der Waals surface area contributed by atoms with Crippen molar-refractivity contribution in [3.05, 3.63) is 83.8 Å². The Labute approximate surface area is 157 Å². The lowest BCUT2D eigenvalue weighted by molar-refractivity contribution is 0.102. The van der Waals surface area contributed by atoms with E-state index in [2.05, 4.69) is 15.6 Å². The molecule has 2 aromatic carbocycles. The summed E-state index contributed by atoms with van der Waals surface area (Å²) in [4.78, 5) is 16.5. The SMILES string of the molecule is COc1ccc(NC(=O)c2ccc(NCCc3ccc(F)cc3)nc2)cc1. The van der Waals surface area contributed by atoms with Gasteiger partial charge in [0.25, 0.3) is 5.91 Å². The highest BCUT2D eigenvalue weighted by atomic mass is 19.1. The Morgan fingerprint density at radius 1 is 1.04 bits per heavy atom. The fraction of sp³-hybridized carbons (Fsp3) is 0.143. The van der Waals surface area contributed by atoms with E-state index in [9.17, 15) is 9.18 Å². The van der Waals surface area contributed by atoms with E-state index >= 15 is 0 Å². The highest BCUT2D eigenvalue weighted by Crippen LogP contribution is 2.16. The zero-order chi connectivity index (χ0) is 19.1. The molecule has 3 aromatic rings. The predicted molar refractivity (Wildman–Crippen MR) is 104 cm³/mol. The quantitative estimate of drug-likeness (QED) is 0.661. The van der Waals surface area contributed by atoms with Gasteiger partial charge in [-0.2, -0.15) is 0 Å². The van der Waals surface area contributed by atoms with Gasteiger partial charge in [0.15, 0.2) is 0 Å². The zero-order valence-electron chi connectivity index (χ0n) is 14.9. The van der Waals surface area contributed by atoms with Crippen LogP contribution < -0.4 is 15.4 Å². The summed E-state index contributed by atoms with van der Waals surface area (Å²) in [6, 6.07) is 17.0. The number of anilines is 2. The molecule has 6 heteroatoms. The first-order valence-corrected chi connectivity index (χ1v) is 8.54. The Bertz CT molecular complexity index is 879. The van der Waals surface area contributed by atoms with Gasteiger partial charge in [0.1, 0.15) is 17.4 Å². The second kappa shape index (κ2) is 8.80. The molecule has 0 saturated carbocycles. The van der Waals surface area contributed by atoms with Crippen molar-refractivity contribution in [2.45, 2.75) is 6.42 Å². The third-order valence-electron chi connectivity index (χ3n) is 4.01. The van der Waals surface area contributed by atoms with E-state index in [4.69, 9.17) is 4.74 Å². The first-order valence-electron chi connectivity index (χ1n) is 8.54. The summed E-state index contributed by atoms with van der Waals surface area (Å²) in [5, 5.41) is 6.00. The molecule has 2 N–H and O–H groups in total. The molecule has 0 aliphatic carbocycles. The molecule has 5 nitrogen and oxygen atoms in total. The van der Waals surface area contributed by atoms with Crippen molar-refractivity contribution in [3.63, 3.8) is 0 Å². The number of nitrogens with one attached hydrogen (secondary N) is 2. The summed E-state index contributed by atoms with van der Waals surface area (Å²) >= 11 is 0. The van der Waals surface area contributed by atoms with Crippen LogP contribution >= 0.6 is 0 Å². The molecule has 0 aliphatic heterocycles. The van der Waals surface area contributed by atoms with Crippen LogP contribution in [0.5, 0.6) is 5.75 Å². The van der Waals surface area contributed by atoms with Gasteiger partial charge in [-0.15, -0.1) is 0 Å². The normalized spacial score (nSPS) is 10.3. The number of aromatic nitrogens is 1. The molecule has 1 heterocycles. The maximum atomic E-state index is 12.9. The van der Waals surface area contributed by atoms with Gasteiger partial charge < -0.3 is 15.4 Å². The lowest BCUT2D eigenvalue weighted by Crippen LogP contribution is -2.13. The summed E-state index contributed by atoms with van der Waals surface area (Å²) < 4.78 is 18.0. The largest absolute Gasteiger partial charge is 0.497 e. The number of pyridine rings is 1. The lowest BCUT2D eigenvalue weighted by atomic mass is 10.1. The van der Waals surface area contributed by atoms with Crippen molar-refractivity contribution in [3.8, 4) is 5.75 Å². The van der Waals surface area contributed by atoms with Crippen molar-refractivity contribution in [2.75, 3.05) is 24.3 Å². The van der Waals surface area contributed by atoms with Crippen molar-refractivity contribution >= 4 is 17.4 Å². The van der Waals surface area contributed by atoms with E-state index in [1.165, 1.54) is 18.3 Å². The second-order valence-electron chi connectivity index (χ2n) is 5.92. The van der Waals surface area contributed by atoms with Gasteiger partial charge in [-0.3, -0.25) is 4.79 Å². The number of hydrogen-bond donors (Lipinski definition) is 2. The molecular weight excluding hydrogens is 345 g/mol. The third-order valence-corrected chi connectivity index (χ3v) is 4.01. The maximum Gasteiger partial charge on any atom is 0.257 e. The average Bonchev–Trinajstić information content (AvgIpc) is 2.70. The molecule has 1 amide bonds. The molecule has 0 spiro atoms. The molecule has 3 rings (SSSR count). The number of ether oxygens (including phenoxy) is 1. The van der Waals surface area contributed by atoms with E-state index in [-0.39, 0.29) is 11.7 Å². The molecule has 0 aliphatic rings. The van der Waals surface area contributed by atoms with Crippen LogP contribution in [0.3, 0.4) is 0 Å². The van der Waals surface area contributed by atoms with Gasteiger partial charge >= 0.3 is 0 Å².